The van der Waals surface area contributed by atoms with E-state index in [0.29, 0.717) is 6.07 Å². The summed E-state index contributed by atoms with van der Waals surface area (Å²) in [5.41, 5.74) is 0.660. The summed E-state index contributed by atoms with van der Waals surface area (Å²) in [4.78, 5) is 11.7. The number of benzene rings is 2. The number of ketones is 1. The Hall–Kier alpha value is -2.23. The topological polar surface area (TPSA) is 29.1 Å². The summed E-state index contributed by atoms with van der Waals surface area (Å²) in [5.74, 6) is -1.95. The fourth-order valence-corrected chi connectivity index (χ4v) is 1.55. The molecule has 4 heteroatoms. The van der Waals surface area contributed by atoms with Crippen molar-refractivity contribution in [3.05, 3.63) is 65.7 Å². The zero-order valence-electron chi connectivity index (χ0n) is 9.49. The van der Waals surface area contributed by atoms with Crippen LogP contribution in [-0.4, -0.2) is 12.3 Å². The smallest absolute Gasteiger partial charge is 0.184 e. The molecule has 0 saturated heterocycles. The molecule has 0 fully saturated rings. The highest BCUT2D eigenvalue weighted by Crippen LogP contribution is 2.11. The van der Waals surface area contributed by atoms with Crippen molar-refractivity contribution in [3.63, 3.8) is 0 Å². The van der Waals surface area contributed by atoms with Crippen molar-refractivity contribution >= 4 is 11.5 Å². The molecule has 0 unspecified atom stereocenters. The molecule has 0 amide bonds. The zero-order valence-corrected chi connectivity index (χ0v) is 9.49. The minimum atomic E-state index is -0.838. The molecule has 2 aromatic rings. The minimum Gasteiger partial charge on any atom is -0.378 e. The van der Waals surface area contributed by atoms with E-state index >= 15 is 0 Å². The molecule has 0 bridgehead atoms. The molecule has 0 aliphatic carbocycles. The molecular weight excluding hydrogens is 236 g/mol. The predicted octanol–water partition coefficient (Wildman–Crippen LogP) is 3.26. The summed E-state index contributed by atoms with van der Waals surface area (Å²) in [6.45, 7) is -0.0352. The second-order valence-corrected chi connectivity index (χ2v) is 3.77. The quantitative estimate of drug-likeness (QED) is 0.840. The fourth-order valence-electron chi connectivity index (χ4n) is 1.55. The van der Waals surface area contributed by atoms with Crippen molar-refractivity contribution in [1.29, 1.82) is 0 Å². The van der Waals surface area contributed by atoms with Crippen molar-refractivity contribution in [3.8, 4) is 0 Å². The number of Topliss-reactive ketones (excluding diaryl/α,β-unsaturated/α-hetero) is 1. The van der Waals surface area contributed by atoms with Gasteiger partial charge in [0.25, 0.3) is 0 Å². The maximum absolute atomic E-state index is 13.3. The van der Waals surface area contributed by atoms with Crippen LogP contribution >= 0.6 is 0 Å². The van der Waals surface area contributed by atoms with Crippen molar-refractivity contribution in [2.24, 2.45) is 0 Å². The fraction of sp³-hybridized carbons (Fsp3) is 0.0714. The molecule has 0 spiro atoms. The second kappa shape index (κ2) is 5.40. The van der Waals surface area contributed by atoms with E-state index in [1.54, 1.807) is 12.1 Å². The maximum atomic E-state index is 13.3. The molecule has 0 radical (unpaired) electrons. The van der Waals surface area contributed by atoms with Crippen LogP contribution in [0.3, 0.4) is 0 Å². The number of hydrogen-bond donors (Lipinski definition) is 1. The van der Waals surface area contributed by atoms with E-state index in [2.05, 4.69) is 5.32 Å². The van der Waals surface area contributed by atoms with Gasteiger partial charge in [0.2, 0.25) is 0 Å². The summed E-state index contributed by atoms with van der Waals surface area (Å²) in [7, 11) is 0. The van der Waals surface area contributed by atoms with Crippen LogP contribution in [-0.2, 0) is 0 Å². The number of halogens is 2. The molecule has 1 N–H and O–H groups in total. The average Bonchev–Trinajstić information content (AvgIpc) is 2.37. The Kier molecular flexibility index (Phi) is 3.67. The molecule has 0 saturated carbocycles. The average molecular weight is 247 g/mol. The van der Waals surface area contributed by atoms with Gasteiger partial charge in [0.1, 0.15) is 11.6 Å². The van der Waals surface area contributed by atoms with E-state index in [-0.39, 0.29) is 12.1 Å². The maximum Gasteiger partial charge on any atom is 0.184 e. The lowest BCUT2D eigenvalue weighted by Gasteiger charge is -2.06. The highest BCUT2D eigenvalue weighted by Gasteiger charge is 2.11. The van der Waals surface area contributed by atoms with E-state index in [9.17, 15) is 13.6 Å². The van der Waals surface area contributed by atoms with E-state index in [1.807, 2.05) is 18.2 Å². The molecule has 92 valence electrons. The van der Waals surface area contributed by atoms with E-state index in [0.717, 1.165) is 17.8 Å². The highest BCUT2D eigenvalue weighted by molar-refractivity contribution is 5.99. The van der Waals surface area contributed by atoms with Crippen LogP contribution in [0.5, 0.6) is 0 Å². The van der Waals surface area contributed by atoms with Gasteiger partial charge in [0, 0.05) is 11.8 Å². The van der Waals surface area contributed by atoms with Crippen molar-refractivity contribution in [1.82, 2.24) is 0 Å². The Labute approximate surface area is 103 Å². The molecule has 18 heavy (non-hydrogen) atoms. The van der Waals surface area contributed by atoms with Gasteiger partial charge in [-0.25, -0.2) is 8.78 Å². The SMILES string of the molecule is O=C(CNc1ccccc1)c1ccc(F)cc1F. The Balaban J connectivity index is 2.04. The van der Waals surface area contributed by atoms with E-state index in [1.165, 1.54) is 0 Å². The van der Waals surface area contributed by atoms with Gasteiger partial charge in [-0.2, -0.15) is 0 Å². The van der Waals surface area contributed by atoms with Crippen LogP contribution < -0.4 is 5.32 Å². The van der Waals surface area contributed by atoms with Crippen LogP contribution in [0.2, 0.25) is 0 Å². The molecule has 0 aromatic heterocycles. The number of hydrogen-bond acceptors (Lipinski definition) is 2. The Bertz CT molecular complexity index is 555. The van der Waals surface area contributed by atoms with Gasteiger partial charge in [-0.05, 0) is 24.3 Å². The summed E-state index contributed by atoms with van der Waals surface area (Å²) < 4.78 is 26.0. The third kappa shape index (κ3) is 2.91. The number of nitrogens with one attached hydrogen (secondary N) is 1. The number of anilines is 1. The summed E-state index contributed by atoms with van der Waals surface area (Å²) in [5, 5.41) is 2.87. The van der Waals surface area contributed by atoms with Crippen molar-refractivity contribution in [2.75, 3.05) is 11.9 Å². The Morgan fingerprint density at radius 3 is 2.44 bits per heavy atom. The zero-order chi connectivity index (χ0) is 13.0. The van der Waals surface area contributed by atoms with Crippen LogP contribution in [0.15, 0.2) is 48.5 Å². The summed E-state index contributed by atoms with van der Waals surface area (Å²) in [6, 6.07) is 12.0. The molecule has 0 aliphatic rings. The van der Waals surface area contributed by atoms with E-state index < -0.39 is 17.4 Å². The molecule has 2 rings (SSSR count). The van der Waals surface area contributed by atoms with Gasteiger partial charge < -0.3 is 5.32 Å². The van der Waals surface area contributed by atoms with E-state index in [4.69, 9.17) is 0 Å². The molecule has 0 aliphatic heterocycles. The van der Waals surface area contributed by atoms with Gasteiger partial charge in [0.15, 0.2) is 5.78 Å². The third-order valence-corrected chi connectivity index (χ3v) is 2.46. The number of carbonyl (C=O) groups is 1. The van der Waals surface area contributed by atoms with Crippen molar-refractivity contribution < 1.29 is 13.6 Å². The summed E-state index contributed by atoms with van der Waals surface area (Å²) in [6.07, 6.45) is 0. The van der Waals surface area contributed by atoms with Crippen LogP contribution in [0.25, 0.3) is 0 Å². The molecule has 0 heterocycles. The highest BCUT2D eigenvalue weighted by atomic mass is 19.1. The Morgan fingerprint density at radius 1 is 1.06 bits per heavy atom. The van der Waals surface area contributed by atoms with Crippen LogP contribution in [0, 0.1) is 11.6 Å². The summed E-state index contributed by atoms with van der Waals surface area (Å²) >= 11 is 0. The van der Waals surface area contributed by atoms with Crippen LogP contribution in [0.1, 0.15) is 10.4 Å². The standard InChI is InChI=1S/C14H11F2NO/c15-10-6-7-12(13(16)8-10)14(18)9-17-11-4-2-1-3-5-11/h1-8,17H,9H2. The lowest BCUT2D eigenvalue weighted by molar-refractivity contribution is 0.100. The minimum absolute atomic E-state index is 0.0352. The van der Waals surface area contributed by atoms with Gasteiger partial charge in [-0.3, -0.25) is 4.79 Å². The number of rotatable bonds is 4. The monoisotopic (exact) mass is 247 g/mol. The second-order valence-electron chi connectivity index (χ2n) is 3.77. The van der Waals surface area contributed by atoms with Gasteiger partial charge in [0.05, 0.1) is 12.1 Å². The first-order valence-electron chi connectivity index (χ1n) is 5.44. The molecular formula is C14H11F2NO. The number of para-hydroxylation sites is 1. The first kappa shape index (κ1) is 12.2. The predicted molar refractivity (Wildman–Crippen MR) is 65.6 cm³/mol. The lowest BCUT2D eigenvalue weighted by Crippen LogP contribution is -2.15. The van der Waals surface area contributed by atoms with Gasteiger partial charge in [-0.15, -0.1) is 0 Å². The first-order valence-corrected chi connectivity index (χ1v) is 5.44. The normalized spacial score (nSPS) is 10.1. The van der Waals surface area contributed by atoms with Crippen molar-refractivity contribution in [2.45, 2.75) is 0 Å². The molecule has 0 atom stereocenters. The van der Waals surface area contributed by atoms with Crippen LogP contribution in [0.4, 0.5) is 14.5 Å². The molecule has 2 nitrogen and oxygen atoms in total. The number of carbonyl (C=O) groups excluding carboxylic acids is 1. The first-order chi connectivity index (χ1) is 8.66. The molecule has 2 aromatic carbocycles. The lowest BCUT2D eigenvalue weighted by atomic mass is 10.1. The third-order valence-electron chi connectivity index (χ3n) is 2.46. The van der Waals surface area contributed by atoms with Gasteiger partial charge >= 0.3 is 0 Å². The Morgan fingerprint density at radius 2 is 1.78 bits per heavy atom. The largest absolute Gasteiger partial charge is 0.378 e. The van der Waals surface area contributed by atoms with Gasteiger partial charge in [-0.1, -0.05) is 18.2 Å².